The number of aromatic amines is 1. The summed E-state index contributed by atoms with van der Waals surface area (Å²) in [6.07, 6.45) is 0.984. The van der Waals surface area contributed by atoms with E-state index in [-0.39, 0.29) is 18.1 Å². The number of imidazole rings is 1. The lowest BCUT2D eigenvalue weighted by Crippen LogP contribution is -2.21. The van der Waals surface area contributed by atoms with Crippen molar-refractivity contribution in [2.45, 2.75) is 25.7 Å². The first-order valence-corrected chi connectivity index (χ1v) is 7.92. The number of benzene rings is 1. The van der Waals surface area contributed by atoms with Crippen molar-refractivity contribution >= 4 is 22.6 Å². The molecule has 1 N–H and O–H groups in total. The number of nitrogens with one attached hydrogen (secondary N) is 1. The summed E-state index contributed by atoms with van der Waals surface area (Å²) in [5.41, 5.74) is 3.23. The van der Waals surface area contributed by atoms with Gasteiger partial charge in [0, 0.05) is 5.56 Å². The molecule has 0 fully saturated rings. The van der Waals surface area contributed by atoms with Crippen LogP contribution in [0.4, 0.5) is 0 Å². The van der Waals surface area contributed by atoms with E-state index in [2.05, 4.69) is 11.1 Å². The number of aromatic nitrogens is 2. The average Bonchev–Trinajstić information content (AvgIpc) is 3.18. The van der Waals surface area contributed by atoms with Crippen LogP contribution in [0.5, 0.6) is 0 Å². The lowest BCUT2D eigenvalue weighted by molar-refractivity contribution is -0.144. The van der Waals surface area contributed by atoms with Crippen LogP contribution in [0.15, 0.2) is 29.1 Å². The molecule has 1 aliphatic carbocycles. The van der Waals surface area contributed by atoms with E-state index in [1.807, 2.05) is 24.3 Å². The Balaban J connectivity index is 2.10. The van der Waals surface area contributed by atoms with E-state index in [0.29, 0.717) is 35.2 Å². The zero-order chi connectivity index (χ0) is 16.8. The van der Waals surface area contributed by atoms with Gasteiger partial charge in [-0.3, -0.25) is 14.0 Å². The van der Waals surface area contributed by atoms with Crippen molar-refractivity contribution in [3.8, 4) is 6.07 Å². The van der Waals surface area contributed by atoms with E-state index in [4.69, 9.17) is 4.74 Å². The van der Waals surface area contributed by atoms with Gasteiger partial charge in [0.2, 0.25) is 0 Å². The van der Waals surface area contributed by atoms with Gasteiger partial charge in [0.15, 0.2) is 0 Å². The highest BCUT2D eigenvalue weighted by Crippen LogP contribution is 2.36. The molecule has 4 rings (SSSR count). The number of rotatable bonds is 2. The van der Waals surface area contributed by atoms with Crippen molar-refractivity contribution in [3.63, 3.8) is 0 Å². The van der Waals surface area contributed by atoms with Crippen molar-refractivity contribution < 1.29 is 9.53 Å². The SMILES string of the molecule is CCOC(=O)C1CCc2c1c(C#N)c1[nH]c3ccccc3n1c2=O. The van der Waals surface area contributed by atoms with Crippen LogP contribution >= 0.6 is 0 Å². The molecule has 1 aliphatic rings. The second kappa shape index (κ2) is 5.24. The van der Waals surface area contributed by atoms with Crippen LogP contribution in [-0.4, -0.2) is 22.0 Å². The van der Waals surface area contributed by atoms with Gasteiger partial charge in [-0.2, -0.15) is 5.26 Å². The average molecular weight is 321 g/mol. The number of para-hydroxylation sites is 2. The summed E-state index contributed by atoms with van der Waals surface area (Å²) < 4.78 is 6.67. The van der Waals surface area contributed by atoms with E-state index in [1.165, 1.54) is 0 Å². The van der Waals surface area contributed by atoms with Crippen molar-refractivity contribution in [1.29, 1.82) is 5.26 Å². The van der Waals surface area contributed by atoms with Crippen LogP contribution < -0.4 is 5.56 Å². The highest BCUT2D eigenvalue weighted by molar-refractivity contribution is 5.86. The largest absolute Gasteiger partial charge is 0.466 e. The van der Waals surface area contributed by atoms with Crippen LogP contribution in [0.25, 0.3) is 16.7 Å². The molecule has 1 atom stereocenters. The molecule has 1 aromatic carbocycles. The highest BCUT2D eigenvalue weighted by Gasteiger charge is 2.36. The van der Waals surface area contributed by atoms with Crippen molar-refractivity contribution in [2.75, 3.05) is 6.61 Å². The van der Waals surface area contributed by atoms with Crippen LogP contribution in [0, 0.1) is 11.3 Å². The van der Waals surface area contributed by atoms with Gasteiger partial charge in [-0.25, -0.2) is 0 Å². The van der Waals surface area contributed by atoms with Gasteiger partial charge in [0.1, 0.15) is 11.7 Å². The first-order valence-electron chi connectivity index (χ1n) is 7.92. The van der Waals surface area contributed by atoms with Gasteiger partial charge in [-0.15, -0.1) is 0 Å². The van der Waals surface area contributed by atoms with Crippen molar-refractivity contribution in [3.05, 3.63) is 51.3 Å². The number of hydrogen-bond donors (Lipinski definition) is 1. The Bertz CT molecular complexity index is 1080. The number of nitriles is 1. The summed E-state index contributed by atoms with van der Waals surface area (Å²) >= 11 is 0. The Morgan fingerprint density at radius 2 is 2.25 bits per heavy atom. The number of carbonyl (C=O) groups is 1. The number of fused-ring (bicyclic) bond motifs is 4. The smallest absolute Gasteiger partial charge is 0.313 e. The second-order valence-electron chi connectivity index (χ2n) is 5.85. The molecule has 2 heterocycles. The summed E-state index contributed by atoms with van der Waals surface area (Å²) in [5, 5.41) is 9.71. The number of hydrogen-bond acceptors (Lipinski definition) is 4. The Labute approximate surface area is 137 Å². The number of carbonyl (C=O) groups excluding carboxylic acids is 1. The number of ether oxygens (including phenoxy) is 1. The molecule has 6 heteroatoms. The van der Waals surface area contributed by atoms with Gasteiger partial charge in [-0.1, -0.05) is 12.1 Å². The fraction of sp³-hybridized carbons (Fsp3) is 0.278. The fourth-order valence-electron chi connectivity index (χ4n) is 3.64. The molecule has 3 aromatic rings. The molecule has 120 valence electrons. The lowest BCUT2D eigenvalue weighted by Gasteiger charge is -2.12. The minimum absolute atomic E-state index is 0.164. The topological polar surface area (TPSA) is 87.4 Å². The minimum atomic E-state index is -0.543. The molecule has 1 unspecified atom stereocenters. The fourth-order valence-corrected chi connectivity index (χ4v) is 3.64. The van der Waals surface area contributed by atoms with Gasteiger partial charge >= 0.3 is 5.97 Å². The van der Waals surface area contributed by atoms with Gasteiger partial charge in [-0.05, 0) is 37.5 Å². The van der Waals surface area contributed by atoms with Gasteiger partial charge in [0.25, 0.3) is 5.56 Å². The number of H-pyrrole nitrogens is 1. The van der Waals surface area contributed by atoms with Crippen LogP contribution in [0.3, 0.4) is 0 Å². The van der Waals surface area contributed by atoms with Crippen LogP contribution in [0.2, 0.25) is 0 Å². The maximum Gasteiger partial charge on any atom is 0.313 e. The van der Waals surface area contributed by atoms with E-state index in [9.17, 15) is 14.9 Å². The monoisotopic (exact) mass is 321 g/mol. The van der Waals surface area contributed by atoms with Gasteiger partial charge < -0.3 is 9.72 Å². The Morgan fingerprint density at radius 1 is 1.46 bits per heavy atom. The molecule has 24 heavy (non-hydrogen) atoms. The molecule has 0 bridgehead atoms. The van der Waals surface area contributed by atoms with Crippen molar-refractivity contribution in [1.82, 2.24) is 9.38 Å². The standard InChI is InChI=1S/C18H15N3O3/c1-2-24-18(23)11-8-7-10-15(11)12(9-19)16-20-13-5-3-4-6-14(13)21(16)17(10)22/h3-6,11,20H,2,7-8H2,1H3. The third-order valence-electron chi connectivity index (χ3n) is 4.63. The third kappa shape index (κ3) is 1.81. The maximum absolute atomic E-state index is 13.0. The summed E-state index contributed by atoms with van der Waals surface area (Å²) in [6.45, 7) is 2.02. The summed E-state index contributed by atoms with van der Waals surface area (Å²) in [6, 6.07) is 9.60. The Kier molecular flexibility index (Phi) is 3.17. The van der Waals surface area contributed by atoms with E-state index in [1.54, 1.807) is 11.3 Å². The van der Waals surface area contributed by atoms with E-state index < -0.39 is 5.92 Å². The molecule has 0 saturated heterocycles. The summed E-state index contributed by atoms with van der Waals surface area (Å²) in [4.78, 5) is 28.4. The molecule has 2 aromatic heterocycles. The highest BCUT2D eigenvalue weighted by atomic mass is 16.5. The quantitative estimate of drug-likeness (QED) is 0.733. The van der Waals surface area contributed by atoms with Crippen LogP contribution in [0.1, 0.15) is 36.0 Å². The zero-order valence-corrected chi connectivity index (χ0v) is 13.1. The summed E-state index contributed by atoms with van der Waals surface area (Å²) in [5.74, 6) is -0.911. The molecule has 0 aliphatic heterocycles. The lowest BCUT2D eigenvalue weighted by atomic mass is 9.97. The number of pyridine rings is 1. The Hall–Kier alpha value is -3.07. The third-order valence-corrected chi connectivity index (χ3v) is 4.63. The van der Waals surface area contributed by atoms with Crippen molar-refractivity contribution in [2.24, 2.45) is 0 Å². The molecule has 0 spiro atoms. The number of nitrogens with zero attached hydrogens (tertiary/aromatic N) is 2. The molecule has 0 radical (unpaired) electrons. The summed E-state index contributed by atoms with van der Waals surface area (Å²) in [7, 11) is 0. The zero-order valence-electron chi connectivity index (χ0n) is 13.1. The minimum Gasteiger partial charge on any atom is -0.466 e. The normalized spacial score (nSPS) is 16.2. The second-order valence-corrected chi connectivity index (χ2v) is 5.85. The number of esters is 1. The molecule has 0 amide bonds. The Morgan fingerprint density at radius 3 is 3.00 bits per heavy atom. The first kappa shape index (κ1) is 14.5. The molecule has 0 saturated carbocycles. The molecule has 6 nitrogen and oxygen atoms in total. The maximum atomic E-state index is 13.0. The predicted molar refractivity (Wildman–Crippen MR) is 87.9 cm³/mol. The molecular weight excluding hydrogens is 306 g/mol. The van der Waals surface area contributed by atoms with Crippen LogP contribution in [-0.2, 0) is 16.0 Å². The van der Waals surface area contributed by atoms with Gasteiger partial charge in [0.05, 0.1) is 29.1 Å². The first-order chi connectivity index (χ1) is 11.7. The predicted octanol–water partition coefficient (Wildman–Crippen LogP) is 2.25. The van der Waals surface area contributed by atoms with E-state index >= 15 is 0 Å². The van der Waals surface area contributed by atoms with E-state index in [0.717, 1.165) is 11.0 Å². The molecular formula is C18H15N3O3.